The number of anilines is 2. The topological polar surface area (TPSA) is 95.5 Å². The van der Waals surface area contributed by atoms with E-state index < -0.39 is 12.2 Å². The van der Waals surface area contributed by atoms with Crippen LogP contribution in [-0.2, 0) is 0 Å². The summed E-state index contributed by atoms with van der Waals surface area (Å²) in [6, 6.07) is 2.01. The molecule has 1 saturated heterocycles. The monoisotopic (exact) mass is 266 g/mol. The molecule has 0 aliphatic carbocycles. The zero-order valence-electron chi connectivity index (χ0n) is 9.87. The van der Waals surface area contributed by atoms with Crippen molar-refractivity contribution in [3.63, 3.8) is 0 Å². The molecule has 0 bridgehead atoms. The number of fused-ring (bicyclic) bond motifs is 1. The third-order valence-corrected chi connectivity index (χ3v) is 4.02. The molecule has 3 heterocycles. The molecule has 7 heteroatoms. The van der Waals surface area contributed by atoms with Crippen LogP contribution < -0.4 is 10.6 Å². The van der Waals surface area contributed by atoms with E-state index in [2.05, 4.69) is 9.97 Å². The van der Waals surface area contributed by atoms with Crippen molar-refractivity contribution in [2.24, 2.45) is 0 Å². The molecule has 0 saturated carbocycles. The highest BCUT2D eigenvalue weighted by Gasteiger charge is 2.31. The predicted octanol–water partition coefficient (Wildman–Crippen LogP) is 0.124. The minimum Gasteiger partial charge on any atom is -0.389 e. The third-order valence-electron chi connectivity index (χ3n) is 3.07. The first-order valence-corrected chi connectivity index (χ1v) is 6.51. The number of hydrogen-bond donors (Lipinski definition) is 3. The van der Waals surface area contributed by atoms with Crippen molar-refractivity contribution in [1.29, 1.82) is 0 Å². The van der Waals surface area contributed by atoms with Gasteiger partial charge in [0.25, 0.3) is 0 Å². The molecule has 0 spiro atoms. The molecular formula is C11H14N4O2S. The van der Waals surface area contributed by atoms with Gasteiger partial charge in [-0.05, 0) is 13.0 Å². The molecule has 4 N–H and O–H groups in total. The van der Waals surface area contributed by atoms with Gasteiger partial charge in [0.05, 0.1) is 17.6 Å². The van der Waals surface area contributed by atoms with E-state index in [1.54, 1.807) is 11.3 Å². The molecule has 1 aliphatic rings. The molecule has 6 nitrogen and oxygen atoms in total. The first-order valence-electron chi connectivity index (χ1n) is 5.69. The van der Waals surface area contributed by atoms with Crippen LogP contribution in [0.15, 0.2) is 6.07 Å². The molecule has 0 aromatic carbocycles. The second kappa shape index (κ2) is 4.04. The molecule has 18 heavy (non-hydrogen) atoms. The average molecular weight is 266 g/mol. The zero-order chi connectivity index (χ0) is 12.9. The molecular weight excluding hydrogens is 252 g/mol. The van der Waals surface area contributed by atoms with E-state index in [4.69, 9.17) is 5.73 Å². The number of thiophene rings is 1. The Labute approximate surface area is 108 Å². The van der Waals surface area contributed by atoms with Crippen molar-refractivity contribution in [3.05, 3.63) is 10.9 Å². The lowest BCUT2D eigenvalue weighted by Crippen LogP contribution is -2.22. The van der Waals surface area contributed by atoms with Crippen molar-refractivity contribution >= 4 is 33.3 Å². The number of rotatable bonds is 1. The number of aliphatic hydroxyl groups is 2. The Balaban J connectivity index is 2.11. The molecule has 2 aromatic heterocycles. The van der Waals surface area contributed by atoms with Gasteiger partial charge in [-0.25, -0.2) is 4.98 Å². The van der Waals surface area contributed by atoms with Crippen molar-refractivity contribution in [1.82, 2.24) is 9.97 Å². The van der Waals surface area contributed by atoms with Crippen LogP contribution in [0.5, 0.6) is 0 Å². The number of nitrogens with zero attached hydrogens (tertiary/aromatic N) is 3. The molecule has 0 amide bonds. The Kier molecular flexibility index (Phi) is 2.61. The quantitative estimate of drug-likeness (QED) is 0.679. The Morgan fingerprint density at radius 3 is 2.67 bits per heavy atom. The Morgan fingerprint density at radius 2 is 2.00 bits per heavy atom. The summed E-state index contributed by atoms with van der Waals surface area (Å²) in [7, 11) is 0. The minimum atomic E-state index is -0.740. The summed E-state index contributed by atoms with van der Waals surface area (Å²) < 4.78 is 0. The van der Waals surface area contributed by atoms with Crippen LogP contribution in [0.1, 0.15) is 4.88 Å². The van der Waals surface area contributed by atoms with Gasteiger partial charge in [0, 0.05) is 18.0 Å². The van der Waals surface area contributed by atoms with Gasteiger partial charge < -0.3 is 20.8 Å². The van der Waals surface area contributed by atoms with Crippen molar-refractivity contribution < 1.29 is 10.2 Å². The van der Waals surface area contributed by atoms with Crippen LogP contribution in [0, 0.1) is 6.92 Å². The van der Waals surface area contributed by atoms with E-state index in [9.17, 15) is 10.2 Å². The van der Waals surface area contributed by atoms with E-state index in [1.807, 2.05) is 17.9 Å². The van der Waals surface area contributed by atoms with Crippen LogP contribution >= 0.6 is 11.3 Å². The van der Waals surface area contributed by atoms with E-state index >= 15 is 0 Å². The lowest BCUT2D eigenvalue weighted by atomic mass is 10.3. The summed E-state index contributed by atoms with van der Waals surface area (Å²) in [5, 5.41) is 20.1. The maximum absolute atomic E-state index is 9.61. The Bertz CT molecular complexity index is 590. The highest BCUT2D eigenvalue weighted by Crippen LogP contribution is 2.32. The highest BCUT2D eigenvalue weighted by molar-refractivity contribution is 7.18. The molecule has 96 valence electrons. The van der Waals surface area contributed by atoms with Crippen molar-refractivity contribution in [2.75, 3.05) is 23.7 Å². The Morgan fingerprint density at radius 1 is 1.33 bits per heavy atom. The number of aromatic nitrogens is 2. The van der Waals surface area contributed by atoms with Crippen LogP contribution in [0.3, 0.4) is 0 Å². The highest BCUT2D eigenvalue weighted by atomic mass is 32.1. The maximum atomic E-state index is 9.61. The first kappa shape index (κ1) is 11.6. The van der Waals surface area contributed by atoms with Gasteiger partial charge in [-0.1, -0.05) is 0 Å². The number of aliphatic hydroxyl groups excluding tert-OH is 2. The summed E-state index contributed by atoms with van der Waals surface area (Å²) in [5.74, 6) is 0.910. The number of nitrogens with two attached hydrogens (primary N) is 1. The number of aryl methyl sites for hydroxylation is 1. The summed E-state index contributed by atoms with van der Waals surface area (Å²) in [5.41, 5.74) is 5.70. The zero-order valence-corrected chi connectivity index (χ0v) is 10.7. The van der Waals surface area contributed by atoms with E-state index in [0.29, 0.717) is 18.9 Å². The van der Waals surface area contributed by atoms with Gasteiger partial charge >= 0.3 is 0 Å². The fourth-order valence-electron chi connectivity index (χ4n) is 2.23. The Hall–Kier alpha value is -1.44. The minimum absolute atomic E-state index is 0.218. The maximum Gasteiger partial charge on any atom is 0.223 e. The molecule has 1 aliphatic heterocycles. The summed E-state index contributed by atoms with van der Waals surface area (Å²) >= 11 is 1.56. The van der Waals surface area contributed by atoms with Crippen molar-refractivity contribution in [2.45, 2.75) is 19.1 Å². The van der Waals surface area contributed by atoms with E-state index in [0.717, 1.165) is 15.1 Å². The summed E-state index contributed by atoms with van der Waals surface area (Å²) in [4.78, 5) is 12.3. The average Bonchev–Trinajstić information content (AvgIpc) is 2.81. The standard InChI is InChI=1S/C11H14N4O2S/c1-5-2-6-9(13-11(12)14-10(6)18-5)15-3-7(16)8(17)4-15/h2,7-8,16-17H,3-4H2,1H3,(H2,12,13,14). The molecule has 2 aromatic rings. The third kappa shape index (κ3) is 1.80. The van der Waals surface area contributed by atoms with Crippen LogP contribution in [-0.4, -0.2) is 45.5 Å². The fraction of sp³-hybridized carbons (Fsp3) is 0.455. The smallest absolute Gasteiger partial charge is 0.223 e. The second-order valence-corrected chi connectivity index (χ2v) is 5.76. The van der Waals surface area contributed by atoms with Gasteiger partial charge in [-0.3, -0.25) is 0 Å². The molecule has 3 rings (SSSR count). The summed E-state index contributed by atoms with van der Waals surface area (Å²) in [6.45, 7) is 2.73. The number of hydrogen-bond acceptors (Lipinski definition) is 7. The number of nitrogen functional groups attached to an aromatic ring is 1. The van der Waals surface area contributed by atoms with Gasteiger partial charge in [0.1, 0.15) is 10.6 Å². The number of β-amino-alcohol motifs (C(OH)–C–C–N with tert-alkyl or cyclic N) is 2. The molecule has 0 radical (unpaired) electrons. The SMILES string of the molecule is Cc1cc2c(N3CC(O)C(O)C3)nc(N)nc2s1. The lowest BCUT2D eigenvalue weighted by Gasteiger charge is -2.17. The van der Waals surface area contributed by atoms with E-state index in [-0.39, 0.29) is 5.95 Å². The molecule has 2 atom stereocenters. The van der Waals surface area contributed by atoms with Crippen LogP contribution in [0.4, 0.5) is 11.8 Å². The van der Waals surface area contributed by atoms with Crippen molar-refractivity contribution in [3.8, 4) is 0 Å². The van der Waals surface area contributed by atoms with Gasteiger partial charge in [-0.2, -0.15) is 4.98 Å². The van der Waals surface area contributed by atoms with E-state index in [1.165, 1.54) is 0 Å². The lowest BCUT2D eigenvalue weighted by molar-refractivity contribution is 0.0572. The molecule has 2 unspecified atom stereocenters. The summed E-state index contributed by atoms with van der Waals surface area (Å²) in [6.07, 6.45) is -1.48. The first-order chi connectivity index (χ1) is 8.54. The predicted molar refractivity (Wildman–Crippen MR) is 70.8 cm³/mol. The van der Waals surface area contributed by atoms with Gasteiger partial charge in [-0.15, -0.1) is 11.3 Å². The second-order valence-electron chi connectivity index (χ2n) is 4.52. The molecule has 1 fully saturated rings. The van der Waals surface area contributed by atoms with Gasteiger partial charge in [0.2, 0.25) is 5.95 Å². The normalized spacial score (nSPS) is 24.1. The fourth-order valence-corrected chi connectivity index (χ4v) is 3.11. The largest absolute Gasteiger partial charge is 0.389 e. The van der Waals surface area contributed by atoms with Crippen LogP contribution in [0.2, 0.25) is 0 Å². The van der Waals surface area contributed by atoms with Gasteiger partial charge in [0.15, 0.2) is 0 Å². The van der Waals surface area contributed by atoms with Crippen LogP contribution in [0.25, 0.3) is 10.2 Å².